The molecule has 6 aliphatic carbocycles. The first kappa shape index (κ1) is 57.1. The minimum Gasteiger partial charge on any atom is -0.325 e. The number of sulfonamides is 1. The molecule has 0 amide bonds. The van der Waals surface area contributed by atoms with Crippen LogP contribution in [0, 0.1) is 13.8 Å². The SMILES string of the molecule is Cc1ccc(S(=O)(=O)n2ccc3c2ncc2nnc(C45CCC(N)(CC4)CC5)n23)cc1.Cc1ccc(S(=O)(=O)n2ccc3c2ncc2nnc(C45CCC(NS(=O)(=O)c6cccc(Cl)c6)(CC4)CC5)n23)cc1.O=S(=O)(Cl)c1cccc(Cl)c1. The van der Waals surface area contributed by atoms with E-state index in [1.54, 1.807) is 104 Å². The van der Waals surface area contributed by atoms with Crippen LogP contribution in [0.4, 0.5) is 0 Å². The topological polar surface area (TPSA) is 271 Å². The Morgan fingerprint density at radius 1 is 0.494 bits per heavy atom. The highest BCUT2D eigenvalue weighted by atomic mass is 35.7. The van der Waals surface area contributed by atoms with Gasteiger partial charge in [-0.05, 0) is 164 Å². The molecule has 0 saturated heterocycles. The second-order valence-corrected chi connectivity index (χ2v) is 31.1. The lowest BCUT2D eigenvalue weighted by atomic mass is 9.57. The summed E-state index contributed by atoms with van der Waals surface area (Å²) in [5.41, 5.74) is 10.7. The van der Waals surface area contributed by atoms with Crippen LogP contribution in [0.2, 0.25) is 10.0 Å². The average molecular weight is 1260 g/mol. The summed E-state index contributed by atoms with van der Waals surface area (Å²) < 4.78 is 111. The van der Waals surface area contributed by atoms with Crippen LogP contribution >= 0.6 is 33.9 Å². The highest BCUT2D eigenvalue weighted by Gasteiger charge is 2.53. The first-order valence-electron chi connectivity index (χ1n) is 26.7. The Labute approximate surface area is 493 Å². The fraction of sp³-hybridized carbons (Fsp3) is 0.321. The molecule has 6 saturated carbocycles. The molecule has 0 aliphatic heterocycles. The first-order chi connectivity index (χ1) is 39.3. The van der Waals surface area contributed by atoms with Gasteiger partial charge in [0.2, 0.25) is 10.0 Å². The summed E-state index contributed by atoms with van der Waals surface area (Å²) in [6.45, 7) is 3.83. The Morgan fingerprint density at radius 2 is 0.892 bits per heavy atom. The smallest absolute Gasteiger partial charge is 0.269 e. The molecule has 6 aromatic heterocycles. The number of nitrogens with two attached hydrogens (primary N) is 1. The van der Waals surface area contributed by atoms with Gasteiger partial charge in [-0.15, -0.1) is 20.4 Å². The molecule has 432 valence electrons. The van der Waals surface area contributed by atoms with E-state index in [0.29, 0.717) is 62.9 Å². The Kier molecular flexibility index (Phi) is 14.3. The predicted molar refractivity (Wildman–Crippen MR) is 315 cm³/mol. The van der Waals surface area contributed by atoms with Crippen molar-refractivity contribution in [1.29, 1.82) is 0 Å². The zero-order valence-corrected chi connectivity index (χ0v) is 50.3. The summed E-state index contributed by atoms with van der Waals surface area (Å²) in [5.74, 6) is 1.67. The standard InChI is InChI=1S/C28H27ClN6O4S2.C22H24N6O2S.C6H4Cl2O2S/c1-19-5-7-21(8-6-19)41(38,39)34-16-9-23-25(34)30-18-24-31-32-26(35(23)24)27-10-13-28(14-11-27,15-12-27)33-40(36,37)22-4-2-3-20(29)17-22;1-15-2-4-16(5-3-15)31(29,30)27-13-6-17-19(27)24-14-18-25-26-20(28(17)18)21-7-10-22(23,11-8-21)12-9-21;7-5-2-1-3-6(4-5)11(8,9)10/h2-9,16-18,33H,10-15H2,1H3;2-6,13-14H,7-12,23H2,1H3;1-4H. The molecule has 16 rings (SSSR count). The lowest BCUT2D eigenvalue weighted by molar-refractivity contribution is 0.0882. The summed E-state index contributed by atoms with van der Waals surface area (Å²) in [7, 11) is -9.96. The predicted octanol–water partition coefficient (Wildman–Crippen LogP) is 9.80. The fourth-order valence-electron chi connectivity index (χ4n) is 12.4. The van der Waals surface area contributed by atoms with Crippen molar-refractivity contribution in [3.8, 4) is 0 Å². The van der Waals surface area contributed by atoms with Crippen LogP contribution in [-0.2, 0) is 50.0 Å². The molecule has 6 aliphatic rings. The van der Waals surface area contributed by atoms with Crippen molar-refractivity contribution < 1.29 is 33.7 Å². The van der Waals surface area contributed by atoms with Gasteiger partial charge < -0.3 is 5.73 Å². The Balaban J connectivity index is 0.000000142. The summed E-state index contributed by atoms with van der Waals surface area (Å²) in [6.07, 6.45) is 16.3. The van der Waals surface area contributed by atoms with Crippen molar-refractivity contribution >= 4 is 107 Å². The van der Waals surface area contributed by atoms with Gasteiger partial charge in [0.15, 0.2) is 22.6 Å². The second kappa shape index (κ2) is 20.7. The van der Waals surface area contributed by atoms with Crippen LogP contribution in [0.15, 0.2) is 154 Å². The number of hydrogen-bond acceptors (Lipinski definition) is 15. The number of nitrogens with zero attached hydrogens (tertiary/aromatic N) is 10. The van der Waals surface area contributed by atoms with Gasteiger partial charge in [0.25, 0.3) is 29.1 Å². The maximum Gasteiger partial charge on any atom is 0.269 e. The molecule has 6 heterocycles. The summed E-state index contributed by atoms with van der Waals surface area (Å²) in [6, 6.07) is 29.2. The van der Waals surface area contributed by atoms with Gasteiger partial charge in [-0.3, -0.25) is 8.80 Å². The molecule has 20 nitrogen and oxygen atoms in total. The van der Waals surface area contributed by atoms with Crippen LogP contribution in [0.1, 0.15) is 99.8 Å². The lowest BCUT2D eigenvalue weighted by Gasteiger charge is -2.52. The minimum atomic E-state index is -3.87. The number of rotatable bonds is 10. The second-order valence-electron chi connectivity index (χ2n) is 22.4. The average Bonchev–Trinajstić information content (AvgIpc) is 4.38. The monoisotopic (exact) mass is 1260 g/mol. The number of nitrogens with one attached hydrogen (secondary N) is 1. The molecule has 27 heteroatoms. The van der Waals surface area contributed by atoms with E-state index in [0.717, 1.165) is 80.6 Å². The third kappa shape index (κ3) is 10.3. The van der Waals surface area contributed by atoms with E-state index < -0.39 is 44.7 Å². The van der Waals surface area contributed by atoms with Crippen molar-refractivity contribution in [3.63, 3.8) is 0 Å². The van der Waals surface area contributed by atoms with Gasteiger partial charge in [-0.25, -0.2) is 56.3 Å². The molecule has 0 atom stereocenters. The van der Waals surface area contributed by atoms with Gasteiger partial charge in [0, 0.05) is 55.0 Å². The molecule has 10 aromatic rings. The highest BCUT2D eigenvalue weighted by molar-refractivity contribution is 8.13. The summed E-state index contributed by atoms with van der Waals surface area (Å²) in [4.78, 5) is 9.50. The first-order valence-corrected chi connectivity index (χ1v) is 34.1. The minimum absolute atomic E-state index is 0.0201. The molecule has 6 fully saturated rings. The van der Waals surface area contributed by atoms with Crippen molar-refractivity contribution in [2.45, 2.75) is 132 Å². The molecular formula is C56H55Cl3N12O8S4. The molecule has 0 radical (unpaired) electrons. The molecule has 83 heavy (non-hydrogen) atoms. The maximum absolute atomic E-state index is 13.5. The molecular weight excluding hydrogens is 1200 g/mol. The number of fused-ring (bicyclic) bond motifs is 12. The van der Waals surface area contributed by atoms with Gasteiger partial charge in [0.1, 0.15) is 11.6 Å². The third-order valence-corrected chi connectivity index (χ3v) is 24.0. The van der Waals surface area contributed by atoms with Crippen LogP contribution in [-0.4, -0.2) is 91.9 Å². The van der Waals surface area contributed by atoms with Crippen molar-refractivity contribution in [2.75, 3.05) is 0 Å². The van der Waals surface area contributed by atoms with Crippen LogP contribution in [0.3, 0.4) is 0 Å². The van der Waals surface area contributed by atoms with Crippen LogP contribution < -0.4 is 10.5 Å². The number of halogens is 3. The normalized spacial score (nSPS) is 22.6. The zero-order valence-electron chi connectivity index (χ0n) is 44.8. The highest BCUT2D eigenvalue weighted by Crippen LogP contribution is 2.54. The Morgan fingerprint density at radius 3 is 1.29 bits per heavy atom. The van der Waals surface area contributed by atoms with E-state index in [-0.39, 0.29) is 36.0 Å². The number of benzene rings is 4. The van der Waals surface area contributed by atoms with Gasteiger partial charge in [0.05, 0.1) is 43.0 Å². The van der Waals surface area contributed by atoms with Crippen molar-refractivity contribution in [2.24, 2.45) is 5.73 Å². The number of aryl methyl sites for hydroxylation is 2. The van der Waals surface area contributed by atoms with E-state index in [9.17, 15) is 33.7 Å². The molecule has 3 N–H and O–H groups in total. The lowest BCUT2D eigenvalue weighted by Crippen LogP contribution is -2.58. The van der Waals surface area contributed by atoms with Crippen molar-refractivity contribution in [1.82, 2.24) is 51.8 Å². The van der Waals surface area contributed by atoms with E-state index in [1.807, 2.05) is 22.6 Å². The third-order valence-electron chi connectivity index (χ3n) is 17.3. The summed E-state index contributed by atoms with van der Waals surface area (Å²) >= 11 is 11.6. The van der Waals surface area contributed by atoms with E-state index >= 15 is 0 Å². The van der Waals surface area contributed by atoms with E-state index in [1.165, 1.54) is 38.4 Å². The molecule has 0 spiro atoms. The van der Waals surface area contributed by atoms with Gasteiger partial charge in [-0.1, -0.05) is 70.7 Å². The van der Waals surface area contributed by atoms with Crippen molar-refractivity contribution in [3.05, 3.63) is 167 Å². The van der Waals surface area contributed by atoms with Crippen LogP contribution in [0.5, 0.6) is 0 Å². The molecule has 0 unspecified atom stereocenters. The Bertz CT molecular complexity index is 4640. The largest absolute Gasteiger partial charge is 0.325 e. The molecule has 4 aromatic carbocycles. The fourth-order valence-corrected chi connectivity index (χ4v) is 17.8. The van der Waals surface area contributed by atoms with E-state index in [2.05, 4.69) is 35.1 Å². The van der Waals surface area contributed by atoms with Gasteiger partial charge in [-0.2, -0.15) is 0 Å². The maximum atomic E-state index is 13.5. The molecule has 4 bridgehead atoms. The Hall–Kier alpha value is -6.35. The van der Waals surface area contributed by atoms with Crippen LogP contribution in [0.25, 0.3) is 33.6 Å². The number of hydrogen-bond donors (Lipinski definition) is 2. The van der Waals surface area contributed by atoms with E-state index in [4.69, 9.17) is 39.6 Å². The number of aromatic nitrogens is 10. The summed E-state index contributed by atoms with van der Waals surface area (Å²) in [5, 5.41) is 18.6. The van der Waals surface area contributed by atoms with Gasteiger partial charge >= 0.3 is 0 Å². The quantitative estimate of drug-likeness (QED) is 0.121. The zero-order chi connectivity index (χ0) is 58.5.